The van der Waals surface area contributed by atoms with Gasteiger partial charge in [-0.1, -0.05) is 78.9 Å². The van der Waals surface area contributed by atoms with E-state index in [0.29, 0.717) is 0 Å². The number of allylic oxidation sites excluding steroid dienone is 1. The summed E-state index contributed by atoms with van der Waals surface area (Å²) in [6.07, 6.45) is 1.73. The Morgan fingerprint density at radius 2 is 1.19 bits per heavy atom. The minimum Gasteiger partial charge on any atom is -0.206 e. The molecule has 0 unspecified atom stereocenters. The Balaban J connectivity index is 1.88. The van der Waals surface area contributed by atoms with Crippen molar-refractivity contribution >= 4 is 23.0 Å². The van der Waals surface area contributed by atoms with Crippen LogP contribution in [0.5, 0.6) is 0 Å². The molecular formula is C23H19N3. The lowest BCUT2D eigenvalue weighted by atomic mass is 10.0. The monoisotopic (exact) mass is 337 g/mol. The Labute approximate surface area is 153 Å². The Hall–Kier alpha value is -3.55. The van der Waals surface area contributed by atoms with Gasteiger partial charge in [-0.25, -0.2) is 4.99 Å². The van der Waals surface area contributed by atoms with E-state index in [4.69, 9.17) is 0 Å². The lowest BCUT2D eigenvalue weighted by Gasteiger charge is -2.05. The fourth-order valence-corrected chi connectivity index (χ4v) is 2.33. The van der Waals surface area contributed by atoms with Crippen molar-refractivity contribution in [2.75, 3.05) is 0 Å². The largest absolute Gasteiger partial charge is 0.206 e. The molecule has 0 radical (unpaired) electrons. The number of rotatable bonds is 5. The molecule has 0 aromatic heterocycles. The van der Waals surface area contributed by atoms with Crippen molar-refractivity contribution in [2.24, 2.45) is 15.2 Å². The fourth-order valence-electron chi connectivity index (χ4n) is 2.33. The van der Waals surface area contributed by atoms with Gasteiger partial charge in [0.1, 0.15) is 5.71 Å². The molecule has 0 amide bonds. The van der Waals surface area contributed by atoms with Gasteiger partial charge in [0, 0.05) is 17.2 Å². The van der Waals surface area contributed by atoms with E-state index in [9.17, 15) is 0 Å². The van der Waals surface area contributed by atoms with E-state index in [1.165, 1.54) is 0 Å². The Morgan fingerprint density at radius 3 is 1.73 bits per heavy atom. The van der Waals surface area contributed by atoms with Crippen LogP contribution >= 0.6 is 0 Å². The van der Waals surface area contributed by atoms with E-state index >= 15 is 0 Å². The molecule has 0 aliphatic carbocycles. The minimum absolute atomic E-state index is 0.731. The van der Waals surface area contributed by atoms with Crippen molar-refractivity contribution in [1.82, 2.24) is 0 Å². The molecule has 0 N–H and O–H groups in total. The van der Waals surface area contributed by atoms with Crippen LogP contribution in [0.4, 0.5) is 5.69 Å². The first-order chi connectivity index (χ1) is 12.8. The highest BCUT2D eigenvalue weighted by molar-refractivity contribution is 6.13. The Morgan fingerprint density at radius 1 is 0.692 bits per heavy atom. The zero-order valence-corrected chi connectivity index (χ0v) is 14.6. The van der Waals surface area contributed by atoms with Gasteiger partial charge >= 0.3 is 0 Å². The van der Waals surface area contributed by atoms with Crippen molar-refractivity contribution in [2.45, 2.75) is 6.92 Å². The second-order valence-corrected chi connectivity index (χ2v) is 5.64. The maximum Gasteiger partial charge on any atom is 0.100 e. The Kier molecular flexibility index (Phi) is 6.03. The van der Waals surface area contributed by atoms with Gasteiger partial charge in [-0.15, -0.1) is 5.10 Å². The Bertz CT molecular complexity index is 909. The van der Waals surface area contributed by atoms with Gasteiger partial charge in [0.05, 0.1) is 11.4 Å². The van der Waals surface area contributed by atoms with Crippen LogP contribution in [0, 0.1) is 0 Å². The summed E-state index contributed by atoms with van der Waals surface area (Å²) in [4.78, 5) is 4.25. The molecule has 3 rings (SSSR count). The predicted molar refractivity (Wildman–Crippen MR) is 110 cm³/mol. The molecule has 0 spiro atoms. The molecule has 3 nitrogen and oxygen atoms in total. The zero-order valence-electron chi connectivity index (χ0n) is 14.6. The molecule has 0 saturated carbocycles. The standard InChI is InChI=1S/C23H19N3/c1-19(17-18-24-22-15-9-4-10-16-22)25-26-23(20-11-5-2-6-12-20)21-13-7-3-8-14-21/h2-17H,1H3/b25-19+. The molecule has 3 heteroatoms. The van der Waals surface area contributed by atoms with Crippen molar-refractivity contribution in [1.29, 1.82) is 0 Å². The van der Waals surface area contributed by atoms with Gasteiger partial charge in [0.15, 0.2) is 0 Å². The van der Waals surface area contributed by atoms with E-state index in [1.54, 1.807) is 6.08 Å². The van der Waals surface area contributed by atoms with Crippen LogP contribution in [0.1, 0.15) is 18.1 Å². The number of benzene rings is 3. The number of aliphatic imine (C=N–C) groups is 1. The van der Waals surface area contributed by atoms with Crippen LogP contribution in [0.2, 0.25) is 0 Å². The summed E-state index contributed by atoms with van der Waals surface area (Å²) in [5.74, 6) is 2.90. The predicted octanol–water partition coefficient (Wildman–Crippen LogP) is 5.46. The maximum absolute atomic E-state index is 4.48. The number of hydrogen-bond acceptors (Lipinski definition) is 3. The normalized spacial score (nSPS) is 10.6. The SMILES string of the molecule is C/C(C=C=Nc1ccccc1)=N\N=C(c1ccccc1)c1ccccc1. The van der Waals surface area contributed by atoms with Crippen molar-refractivity contribution in [3.05, 3.63) is 108 Å². The second kappa shape index (κ2) is 9.07. The third kappa shape index (κ3) is 4.97. The molecule has 0 aliphatic heterocycles. The molecule has 0 heterocycles. The summed E-state index contributed by atoms with van der Waals surface area (Å²) in [5.41, 5.74) is 4.47. The van der Waals surface area contributed by atoms with Gasteiger partial charge < -0.3 is 0 Å². The van der Waals surface area contributed by atoms with Crippen molar-refractivity contribution in [3.63, 3.8) is 0 Å². The summed E-state index contributed by atoms with van der Waals surface area (Å²) in [6, 6.07) is 29.8. The van der Waals surface area contributed by atoms with Crippen LogP contribution < -0.4 is 0 Å². The average Bonchev–Trinajstić information content (AvgIpc) is 2.71. The highest BCUT2D eigenvalue weighted by Crippen LogP contribution is 2.11. The van der Waals surface area contributed by atoms with Crippen LogP contribution in [0.25, 0.3) is 0 Å². The van der Waals surface area contributed by atoms with Gasteiger partial charge in [0.2, 0.25) is 0 Å². The van der Waals surface area contributed by atoms with Crippen molar-refractivity contribution in [3.8, 4) is 0 Å². The molecule has 3 aromatic rings. The second-order valence-electron chi connectivity index (χ2n) is 5.64. The quantitative estimate of drug-likeness (QED) is 0.438. The molecular weight excluding hydrogens is 318 g/mol. The number of nitrogens with zero attached hydrogens (tertiary/aromatic N) is 3. The number of para-hydroxylation sites is 1. The third-order valence-corrected chi connectivity index (χ3v) is 3.63. The third-order valence-electron chi connectivity index (χ3n) is 3.63. The highest BCUT2D eigenvalue weighted by atomic mass is 15.2. The first-order valence-corrected chi connectivity index (χ1v) is 8.40. The smallest absolute Gasteiger partial charge is 0.100 e. The van der Waals surface area contributed by atoms with Gasteiger partial charge in [-0.3, -0.25) is 0 Å². The van der Waals surface area contributed by atoms with Crippen LogP contribution in [0.3, 0.4) is 0 Å². The molecule has 126 valence electrons. The highest BCUT2D eigenvalue weighted by Gasteiger charge is 2.05. The molecule has 26 heavy (non-hydrogen) atoms. The van der Waals surface area contributed by atoms with Gasteiger partial charge in [-0.05, 0) is 24.9 Å². The molecule has 0 atom stereocenters. The van der Waals surface area contributed by atoms with E-state index in [2.05, 4.69) is 21.1 Å². The van der Waals surface area contributed by atoms with Gasteiger partial charge in [0.25, 0.3) is 0 Å². The lowest BCUT2D eigenvalue weighted by molar-refractivity contribution is 1.23. The van der Waals surface area contributed by atoms with E-state index in [-0.39, 0.29) is 0 Å². The maximum atomic E-state index is 4.48. The molecule has 0 saturated heterocycles. The molecule has 3 aromatic carbocycles. The first kappa shape index (κ1) is 17.3. The minimum atomic E-state index is 0.731. The summed E-state index contributed by atoms with van der Waals surface area (Å²) in [6.45, 7) is 1.88. The first-order valence-electron chi connectivity index (χ1n) is 8.40. The molecule has 0 bridgehead atoms. The van der Waals surface area contributed by atoms with Crippen LogP contribution in [-0.4, -0.2) is 17.3 Å². The number of hydrogen-bond donors (Lipinski definition) is 0. The molecule has 0 fully saturated rings. The van der Waals surface area contributed by atoms with E-state index in [1.807, 2.05) is 97.9 Å². The van der Waals surface area contributed by atoms with E-state index < -0.39 is 0 Å². The van der Waals surface area contributed by atoms with Crippen LogP contribution in [0.15, 0.2) is 112 Å². The zero-order chi connectivity index (χ0) is 18.0. The summed E-state index contributed by atoms with van der Waals surface area (Å²) in [5, 5.41) is 8.82. The van der Waals surface area contributed by atoms with E-state index in [0.717, 1.165) is 28.2 Å². The lowest BCUT2D eigenvalue weighted by Crippen LogP contribution is -2.02. The summed E-state index contributed by atoms with van der Waals surface area (Å²) < 4.78 is 0. The van der Waals surface area contributed by atoms with Crippen LogP contribution in [-0.2, 0) is 0 Å². The average molecular weight is 337 g/mol. The molecule has 0 aliphatic rings. The van der Waals surface area contributed by atoms with Gasteiger partial charge in [-0.2, -0.15) is 5.10 Å². The fraction of sp³-hybridized carbons (Fsp3) is 0.0435. The van der Waals surface area contributed by atoms with Crippen molar-refractivity contribution < 1.29 is 0 Å². The summed E-state index contributed by atoms with van der Waals surface area (Å²) in [7, 11) is 0. The summed E-state index contributed by atoms with van der Waals surface area (Å²) >= 11 is 0. The topological polar surface area (TPSA) is 37.1 Å².